The van der Waals surface area contributed by atoms with Crippen molar-refractivity contribution in [3.05, 3.63) is 34.9 Å². The molecule has 0 spiro atoms. The molecular weight excluding hydrogens is 390 g/mol. The summed E-state index contributed by atoms with van der Waals surface area (Å²) in [4.78, 5) is 17.1. The highest BCUT2D eigenvalue weighted by molar-refractivity contribution is 6.35. The lowest BCUT2D eigenvalue weighted by Crippen LogP contribution is -2.35. The lowest BCUT2D eigenvalue weighted by atomic mass is 9.86. The van der Waals surface area contributed by atoms with Crippen LogP contribution in [0.4, 0.5) is 8.78 Å². The van der Waals surface area contributed by atoms with Crippen LogP contribution in [-0.4, -0.2) is 43.7 Å². The molecule has 5 nitrogen and oxygen atoms in total. The summed E-state index contributed by atoms with van der Waals surface area (Å²) in [5.74, 6) is -2.85. The molecule has 1 aliphatic rings. The second kappa shape index (κ2) is 9.01. The van der Waals surface area contributed by atoms with Gasteiger partial charge in [-0.15, -0.1) is 0 Å². The second-order valence-corrected chi connectivity index (χ2v) is 7.42. The fraction of sp³-hybridized carbons (Fsp3) is 0.500. The summed E-state index contributed by atoms with van der Waals surface area (Å²) < 4.78 is 37.6. The molecule has 0 saturated heterocycles. The summed E-state index contributed by atoms with van der Waals surface area (Å²) in [7, 11) is 1.58. The molecule has 1 saturated carbocycles. The maximum atomic E-state index is 13.6. The van der Waals surface area contributed by atoms with Crippen LogP contribution >= 0.6 is 11.6 Å². The molecule has 0 bridgehead atoms. The minimum atomic E-state index is -2.64. The van der Waals surface area contributed by atoms with Crippen LogP contribution in [0.2, 0.25) is 5.02 Å². The molecule has 28 heavy (non-hydrogen) atoms. The number of amides is 1. The van der Waals surface area contributed by atoms with E-state index in [-0.39, 0.29) is 41.8 Å². The van der Waals surface area contributed by atoms with Crippen molar-refractivity contribution in [3.63, 3.8) is 0 Å². The number of fused-ring (bicyclic) bond motifs is 1. The third kappa shape index (κ3) is 5.08. The molecule has 2 aromatic rings. The molecule has 0 radical (unpaired) electrons. The number of carbonyl (C=O) groups excluding carboxylic acids is 1. The molecule has 1 fully saturated rings. The zero-order valence-electron chi connectivity index (χ0n) is 15.6. The maximum absolute atomic E-state index is 13.6. The van der Waals surface area contributed by atoms with Crippen LogP contribution in [0.15, 0.2) is 24.3 Å². The van der Waals surface area contributed by atoms with E-state index in [1.807, 2.05) is 0 Å². The number of ether oxygens (including phenoxy) is 2. The molecule has 1 atom stereocenters. The van der Waals surface area contributed by atoms with Crippen molar-refractivity contribution < 1.29 is 23.0 Å². The van der Waals surface area contributed by atoms with E-state index < -0.39 is 5.92 Å². The Kier molecular flexibility index (Phi) is 6.67. The number of hydrogen-bond acceptors (Lipinski definition) is 4. The van der Waals surface area contributed by atoms with Gasteiger partial charge in [0, 0.05) is 37.9 Å². The number of pyridine rings is 1. The molecular formula is C20H23ClF2N2O3. The monoisotopic (exact) mass is 412 g/mol. The molecule has 1 aliphatic carbocycles. The van der Waals surface area contributed by atoms with Gasteiger partial charge in [-0.25, -0.2) is 13.8 Å². The third-order valence-corrected chi connectivity index (χ3v) is 5.17. The van der Waals surface area contributed by atoms with Crippen molar-refractivity contribution in [3.8, 4) is 5.88 Å². The van der Waals surface area contributed by atoms with Crippen LogP contribution in [0.3, 0.4) is 0 Å². The Labute approximate surface area is 167 Å². The number of carbonyl (C=O) groups is 1. The standard InChI is InChI=1S/C20H23ClF2N2O3/c1-27-9-10-28-17-7-4-14-16(25-17)6-5-15(21)18(14)19(26)24-12-13-3-2-8-20(22,23)11-13/h4-7,13H,2-3,8-12H2,1H3,(H,24,26). The molecule has 0 aliphatic heterocycles. The Morgan fingerprint density at radius 2 is 2.14 bits per heavy atom. The molecule has 152 valence electrons. The zero-order chi connectivity index (χ0) is 20.1. The highest BCUT2D eigenvalue weighted by Gasteiger charge is 2.36. The maximum Gasteiger partial charge on any atom is 0.253 e. The van der Waals surface area contributed by atoms with E-state index in [0.717, 1.165) is 0 Å². The molecule has 1 aromatic heterocycles. The van der Waals surface area contributed by atoms with E-state index in [1.54, 1.807) is 31.4 Å². The number of benzene rings is 1. The van der Waals surface area contributed by atoms with Crippen LogP contribution < -0.4 is 10.1 Å². The Balaban J connectivity index is 1.73. The van der Waals surface area contributed by atoms with Crippen molar-refractivity contribution >= 4 is 28.4 Å². The van der Waals surface area contributed by atoms with Gasteiger partial charge in [0.05, 0.1) is 22.7 Å². The third-order valence-electron chi connectivity index (χ3n) is 4.85. The first-order valence-electron chi connectivity index (χ1n) is 9.26. The number of methoxy groups -OCH3 is 1. The van der Waals surface area contributed by atoms with E-state index in [9.17, 15) is 13.6 Å². The molecule has 1 amide bonds. The van der Waals surface area contributed by atoms with Gasteiger partial charge in [-0.05, 0) is 37.0 Å². The summed E-state index contributed by atoms with van der Waals surface area (Å²) in [5.41, 5.74) is 0.853. The van der Waals surface area contributed by atoms with E-state index in [0.29, 0.717) is 42.8 Å². The molecule has 8 heteroatoms. The lowest BCUT2D eigenvalue weighted by molar-refractivity contribution is -0.0518. The summed E-state index contributed by atoms with van der Waals surface area (Å²) in [6.45, 7) is 1.00. The van der Waals surface area contributed by atoms with Crippen molar-refractivity contribution in [2.75, 3.05) is 26.9 Å². The fourth-order valence-corrected chi connectivity index (χ4v) is 3.73. The van der Waals surface area contributed by atoms with E-state index >= 15 is 0 Å². The summed E-state index contributed by atoms with van der Waals surface area (Å²) >= 11 is 6.25. The molecule has 1 N–H and O–H groups in total. The smallest absolute Gasteiger partial charge is 0.253 e. The second-order valence-electron chi connectivity index (χ2n) is 7.01. The lowest BCUT2D eigenvalue weighted by Gasteiger charge is -2.29. The van der Waals surface area contributed by atoms with Gasteiger partial charge in [0.15, 0.2) is 0 Å². The fourth-order valence-electron chi connectivity index (χ4n) is 3.47. The zero-order valence-corrected chi connectivity index (χ0v) is 16.4. The van der Waals surface area contributed by atoms with Gasteiger partial charge >= 0.3 is 0 Å². The minimum absolute atomic E-state index is 0.0763. The minimum Gasteiger partial charge on any atom is -0.475 e. The van der Waals surface area contributed by atoms with Crippen LogP contribution in [0.5, 0.6) is 5.88 Å². The predicted molar refractivity (Wildman–Crippen MR) is 103 cm³/mol. The summed E-state index contributed by atoms with van der Waals surface area (Å²) in [6.07, 6.45) is 0.883. The predicted octanol–water partition coefficient (Wildman–Crippen LogP) is 4.47. The topological polar surface area (TPSA) is 60.5 Å². The Hall–Kier alpha value is -1.99. The van der Waals surface area contributed by atoms with Gasteiger partial charge < -0.3 is 14.8 Å². The van der Waals surface area contributed by atoms with E-state index in [1.165, 1.54) is 0 Å². The number of rotatable bonds is 7. The SMILES string of the molecule is COCCOc1ccc2c(C(=O)NCC3CCCC(F)(F)C3)c(Cl)ccc2n1. The number of halogens is 3. The number of aromatic nitrogens is 1. The number of alkyl halides is 2. The average Bonchev–Trinajstić information content (AvgIpc) is 2.65. The number of nitrogens with one attached hydrogen (secondary N) is 1. The van der Waals surface area contributed by atoms with Gasteiger partial charge in [-0.3, -0.25) is 4.79 Å². The summed E-state index contributed by atoms with van der Waals surface area (Å²) in [6, 6.07) is 6.69. The van der Waals surface area contributed by atoms with Crippen molar-refractivity contribution in [2.24, 2.45) is 5.92 Å². The van der Waals surface area contributed by atoms with Crippen molar-refractivity contribution in [2.45, 2.75) is 31.6 Å². The van der Waals surface area contributed by atoms with Crippen LogP contribution in [-0.2, 0) is 4.74 Å². The Bertz CT molecular complexity index is 848. The highest BCUT2D eigenvalue weighted by atomic mass is 35.5. The van der Waals surface area contributed by atoms with Crippen LogP contribution in [0.1, 0.15) is 36.0 Å². The Morgan fingerprint density at radius 3 is 2.89 bits per heavy atom. The first-order valence-corrected chi connectivity index (χ1v) is 9.64. The quantitative estimate of drug-likeness (QED) is 0.682. The van der Waals surface area contributed by atoms with Crippen LogP contribution in [0.25, 0.3) is 10.9 Å². The van der Waals surface area contributed by atoms with E-state index in [4.69, 9.17) is 21.1 Å². The van der Waals surface area contributed by atoms with Gasteiger partial charge in [0.2, 0.25) is 11.8 Å². The van der Waals surface area contributed by atoms with Gasteiger partial charge in [-0.2, -0.15) is 0 Å². The molecule has 1 unspecified atom stereocenters. The van der Waals surface area contributed by atoms with Gasteiger partial charge in [0.1, 0.15) is 6.61 Å². The summed E-state index contributed by atoms with van der Waals surface area (Å²) in [5, 5.41) is 3.63. The first-order chi connectivity index (χ1) is 13.4. The highest BCUT2D eigenvalue weighted by Crippen LogP contribution is 2.36. The molecule has 1 aromatic carbocycles. The van der Waals surface area contributed by atoms with Crippen molar-refractivity contribution in [1.82, 2.24) is 10.3 Å². The van der Waals surface area contributed by atoms with Crippen LogP contribution in [0, 0.1) is 5.92 Å². The Morgan fingerprint density at radius 1 is 1.32 bits per heavy atom. The largest absolute Gasteiger partial charge is 0.475 e. The number of hydrogen-bond donors (Lipinski definition) is 1. The van der Waals surface area contributed by atoms with Gasteiger partial charge in [0.25, 0.3) is 5.91 Å². The first kappa shape index (κ1) is 20.7. The normalized spacial score (nSPS) is 18.8. The van der Waals surface area contributed by atoms with Crippen molar-refractivity contribution in [1.29, 1.82) is 0 Å². The molecule has 1 heterocycles. The number of nitrogens with zero attached hydrogens (tertiary/aromatic N) is 1. The van der Waals surface area contributed by atoms with Gasteiger partial charge in [-0.1, -0.05) is 11.6 Å². The molecule has 3 rings (SSSR count). The van der Waals surface area contributed by atoms with E-state index in [2.05, 4.69) is 10.3 Å². The average molecular weight is 413 g/mol.